The molecule has 1 aromatic carbocycles. The van der Waals surface area contributed by atoms with Crippen molar-refractivity contribution in [2.75, 3.05) is 19.0 Å². The van der Waals surface area contributed by atoms with Crippen molar-refractivity contribution in [3.05, 3.63) is 40.1 Å². The Morgan fingerprint density at radius 3 is 2.50 bits per heavy atom. The highest BCUT2D eigenvalue weighted by Gasteiger charge is 2.05. The van der Waals surface area contributed by atoms with Crippen LogP contribution in [0.15, 0.2) is 30.3 Å². The highest BCUT2D eigenvalue weighted by atomic mass is 32.1. The predicted octanol–water partition coefficient (Wildman–Crippen LogP) is 4.33. The lowest BCUT2D eigenvalue weighted by Crippen LogP contribution is -2.00. The van der Waals surface area contributed by atoms with Crippen molar-refractivity contribution in [2.24, 2.45) is 0 Å². The van der Waals surface area contributed by atoms with E-state index in [1.54, 1.807) is 7.11 Å². The summed E-state index contributed by atoms with van der Waals surface area (Å²) in [6.45, 7) is 5.62. The van der Waals surface area contributed by atoms with Gasteiger partial charge in [0.25, 0.3) is 0 Å². The maximum atomic E-state index is 5.58. The Hall–Kier alpha value is -1.68. The topological polar surface area (TPSA) is 30.5 Å². The quantitative estimate of drug-likeness (QED) is 0.823. The van der Waals surface area contributed by atoms with Crippen molar-refractivity contribution in [3.63, 3.8) is 0 Å². The average Bonchev–Trinajstić information content (AvgIpc) is 2.94. The monoisotopic (exact) mass is 291 g/mol. The summed E-state index contributed by atoms with van der Waals surface area (Å²) in [6.07, 6.45) is 1.10. The molecule has 108 valence electrons. The van der Waals surface area contributed by atoms with E-state index in [2.05, 4.69) is 24.4 Å². The van der Waals surface area contributed by atoms with Gasteiger partial charge in [0.15, 0.2) is 11.5 Å². The lowest BCUT2D eigenvalue weighted by atomic mass is 10.2. The fourth-order valence-electron chi connectivity index (χ4n) is 1.95. The molecule has 0 atom stereocenters. The molecule has 0 saturated carbocycles. The van der Waals surface area contributed by atoms with Crippen LogP contribution in [-0.2, 0) is 13.0 Å². The van der Waals surface area contributed by atoms with Crippen LogP contribution in [0.5, 0.6) is 11.5 Å². The van der Waals surface area contributed by atoms with Crippen molar-refractivity contribution in [3.8, 4) is 11.5 Å². The molecule has 2 rings (SSSR count). The van der Waals surface area contributed by atoms with Gasteiger partial charge >= 0.3 is 0 Å². The number of anilines is 1. The lowest BCUT2D eigenvalue weighted by molar-refractivity contribution is 0.311. The molecule has 1 heterocycles. The molecule has 0 bridgehead atoms. The maximum absolute atomic E-state index is 5.58. The zero-order valence-corrected chi connectivity index (χ0v) is 13.0. The third kappa shape index (κ3) is 3.67. The summed E-state index contributed by atoms with van der Waals surface area (Å²) >= 11 is 1.86. The van der Waals surface area contributed by atoms with Crippen LogP contribution in [0.2, 0.25) is 0 Å². The van der Waals surface area contributed by atoms with Gasteiger partial charge in [-0.25, -0.2) is 0 Å². The van der Waals surface area contributed by atoms with E-state index in [1.165, 1.54) is 9.75 Å². The molecule has 0 amide bonds. The van der Waals surface area contributed by atoms with Crippen LogP contribution in [0.3, 0.4) is 0 Å². The number of thiophene rings is 1. The van der Waals surface area contributed by atoms with E-state index < -0.39 is 0 Å². The number of hydrogen-bond acceptors (Lipinski definition) is 4. The normalized spacial score (nSPS) is 10.3. The second-order valence-corrected chi connectivity index (χ2v) is 5.63. The average molecular weight is 291 g/mol. The SMILES string of the molecule is CCOc1cc(NCc2ccc(CC)s2)ccc1OC. The Labute approximate surface area is 124 Å². The van der Waals surface area contributed by atoms with Crippen molar-refractivity contribution in [2.45, 2.75) is 26.8 Å². The molecule has 0 spiro atoms. The van der Waals surface area contributed by atoms with E-state index in [0.29, 0.717) is 6.61 Å². The molecule has 0 radical (unpaired) electrons. The molecule has 1 aromatic heterocycles. The Morgan fingerprint density at radius 1 is 1.05 bits per heavy atom. The molecule has 3 nitrogen and oxygen atoms in total. The molecule has 1 N–H and O–H groups in total. The Bertz CT molecular complexity index is 551. The molecule has 0 saturated heterocycles. The number of methoxy groups -OCH3 is 1. The number of benzene rings is 1. The molecule has 20 heavy (non-hydrogen) atoms. The number of aryl methyl sites for hydroxylation is 1. The summed E-state index contributed by atoms with van der Waals surface area (Å²) in [4.78, 5) is 2.77. The Balaban J connectivity index is 2.03. The van der Waals surface area contributed by atoms with Gasteiger partial charge in [-0.1, -0.05) is 6.92 Å². The van der Waals surface area contributed by atoms with Gasteiger partial charge in [-0.15, -0.1) is 11.3 Å². The molecular formula is C16H21NO2S. The van der Waals surface area contributed by atoms with E-state index in [-0.39, 0.29) is 0 Å². The van der Waals surface area contributed by atoms with E-state index in [0.717, 1.165) is 30.2 Å². The fraction of sp³-hybridized carbons (Fsp3) is 0.375. The van der Waals surface area contributed by atoms with Crippen LogP contribution < -0.4 is 14.8 Å². The summed E-state index contributed by atoms with van der Waals surface area (Å²) in [5.74, 6) is 1.54. The predicted molar refractivity (Wildman–Crippen MR) is 85.2 cm³/mol. The van der Waals surface area contributed by atoms with Gasteiger partial charge in [0, 0.05) is 28.1 Å². The standard InChI is InChI=1S/C16H21NO2S/c1-4-13-7-8-14(20-13)11-17-12-6-9-15(18-3)16(10-12)19-5-2/h6-10,17H,4-5,11H2,1-3H3. The van der Waals surface area contributed by atoms with Crippen molar-refractivity contribution < 1.29 is 9.47 Å². The third-order valence-electron chi connectivity index (χ3n) is 3.00. The van der Waals surface area contributed by atoms with Crippen LogP contribution in [0.1, 0.15) is 23.6 Å². The van der Waals surface area contributed by atoms with Crippen LogP contribution in [0.4, 0.5) is 5.69 Å². The molecular weight excluding hydrogens is 270 g/mol. The molecule has 0 fully saturated rings. The van der Waals surface area contributed by atoms with Crippen LogP contribution in [0, 0.1) is 0 Å². The molecule has 2 aromatic rings. The molecule has 0 unspecified atom stereocenters. The minimum atomic E-state index is 0.630. The Morgan fingerprint density at radius 2 is 1.85 bits per heavy atom. The third-order valence-corrected chi connectivity index (χ3v) is 4.23. The van der Waals surface area contributed by atoms with E-state index in [4.69, 9.17) is 9.47 Å². The van der Waals surface area contributed by atoms with E-state index in [1.807, 2.05) is 36.5 Å². The lowest BCUT2D eigenvalue weighted by Gasteiger charge is -2.12. The van der Waals surface area contributed by atoms with Crippen LogP contribution >= 0.6 is 11.3 Å². The van der Waals surface area contributed by atoms with E-state index in [9.17, 15) is 0 Å². The van der Waals surface area contributed by atoms with Gasteiger partial charge in [0.2, 0.25) is 0 Å². The van der Waals surface area contributed by atoms with Gasteiger partial charge in [-0.3, -0.25) is 0 Å². The first kappa shape index (κ1) is 14.7. The van der Waals surface area contributed by atoms with Crippen molar-refractivity contribution in [1.29, 1.82) is 0 Å². The smallest absolute Gasteiger partial charge is 0.163 e. The fourth-order valence-corrected chi connectivity index (χ4v) is 2.85. The van der Waals surface area contributed by atoms with E-state index >= 15 is 0 Å². The number of nitrogens with one attached hydrogen (secondary N) is 1. The summed E-state index contributed by atoms with van der Waals surface area (Å²) < 4.78 is 10.9. The summed E-state index contributed by atoms with van der Waals surface area (Å²) in [5, 5.41) is 3.42. The molecule has 4 heteroatoms. The largest absolute Gasteiger partial charge is 0.493 e. The summed E-state index contributed by atoms with van der Waals surface area (Å²) in [7, 11) is 1.66. The zero-order chi connectivity index (χ0) is 14.4. The maximum Gasteiger partial charge on any atom is 0.163 e. The van der Waals surface area contributed by atoms with Crippen LogP contribution in [-0.4, -0.2) is 13.7 Å². The highest BCUT2D eigenvalue weighted by molar-refractivity contribution is 7.12. The van der Waals surface area contributed by atoms with Gasteiger partial charge in [0.05, 0.1) is 13.7 Å². The molecule has 0 aliphatic carbocycles. The molecule has 0 aliphatic rings. The van der Waals surface area contributed by atoms with Gasteiger partial charge in [-0.2, -0.15) is 0 Å². The van der Waals surface area contributed by atoms with Crippen molar-refractivity contribution in [1.82, 2.24) is 0 Å². The van der Waals surface area contributed by atoms with Gasteiger partial charge < -0.3 is 14.8 Å². The summed E-state index contributed by atoms with van der Waals surface area (Å²) in [6, 6.07) is 10.3. The zero-order valence-electron chi connectivity index (χ0n) is 12.2. The Kier molecular flexibility index (Phi) is 5.30. The summed E-state index contributed by atoms with van der Waals surface area (Å²) in [5.41, 5.74) is 1.04. The number of rotatable bonds is 7. The van der Waals surface area contributed by atoms with Gasteiger partial charge in [0.1, 0.15) is 0 Å². The highest BCUT2D eigenvalue weighted by Crippen LogP contribution is 2.30. The minimum Gasteiger partial charge on any atom is -0.493 e. The van der Waals surface area contributed by atoms with Gasteiger partial charge in [-0.05, 0) is 37.6 Å². The number of ether oxygens (including phenoxy) is 2. The second kappa shape index (κ2) is 7.20. The first-order chi connectivity index (χ1) is 9.76. The number of hydrogen-bond donors (Lipinski definition) is 1. The second-order valence-electron chi connectivity index (χ2n) is 4.37. The molecule has 0 aliphatic heterocycles. The van der Waals surface area contributed by atoms with Crippen molar-refractivity contribution >= 4 is 17.0 Å². The minimum absolute atomic E-state index is 0.630. The first-order valence-corrected chi connectivity index (χ1v) is 7.70. The van der Waals surface area contributed by atoms with Crippen LogP contribution in [0.25, 0.3) is 0 Å². The first-order valence-electron chi connectivity index (χ1n) is 6.89.